The lowest BCUT2D eigenvalue weighted by Crippen LogP contribution is -2.71. The number of β-lactam (4-membered cyclic amide) rings is 1. The molecule has 22 heteroatoms. The molecule has 3 amide bonds. The van der Waals surface area contributed by atoms with Crippen molar-refractivity contribution in [1.29, 1.82) is 0 Å². The number of nitrogen functional groups attached to an aromatic ring is 1. The molecule has 5 heterocycles. The predicted octanol–water partition coefficient (Wildman–Crippen LogP) is 0.490. The molecule has 2 fully saturated rings. The molecule has 3 aliphatic rings. The maximum atomic E-state index is 12.9. The van der Waals surface area contributed by atoms with Crippen LogP contribution in [0.5, 0.6) is 0 Å². The van der Waals surface area contributed by atoms with Crippen LogP contribution in [0.4, 0.5) is 23.4 Å². The summed E-state index contributed by atoms with van der Waals surface area (Å²) in [4.78, 5) is 65.8. The van der Waals surface area contributed by atoms with Gasteiger partial charge in [0.05, 0.1) is 0 Å². The van der Waals surface area contributed by atoms with E-state index in [0.717, 1.165) is 16.2 Å². The largest absolute Gasteiger partial charge is 0.490 e. The van der Waals surface area contributed by atoms with E-state index in [4.69, 9.17) is 15.6 Å². The van der Waals surface area contributed by atoms with Crippen LogP contribution in [-0.2, 0) is 24.0 Å². The molecule has 0 bridgehead atoms. The molecule has 0 unspecified atom stereocenters. The maximum Gasteiger partial charge on any atom is 0.490 e. The number of carbonyl (C=O) groups excluding carboxylic acids is 3. The van der Waals surface area contributed by atoms with Gasteiger partial charge in [-0.05, 0) is 18.1 Å². The molecule has 0 spiro atoms. The van der Waals surface area contributed by atoms with Crippen molar-refractivity contribution >= 4 is 80.1 Å². The van der Waals surface area contributed by atoms with Gasteiger partial charge in [-0.1, -0.05) is 16.5 Å². The number of anilines is 2. The first-order valence-corrected chi connectivity index (χ1v) is 14.3. The molecule has 0 aliphatic carbocycles. The summed E-state index contributed by atoms with van der Waals surface area (Å²) in [5.41, 5.74) is 7.17. The summed E-state index contributed by atoms with van der Waals surface area (Å²) in [6.45, 7) is 0.390. The van der Waals surface area contributed by atoms with Gasteiger partial charge in [0, 0.05) is 23.3 Å². The van der Waals surface area contributed by atoms with Crippen LogP contribution in [0.25, 0.3) is 0 Å². The third-order valence-electron chi connectivity index (χ3n) is 5.86. The van der Waals surface area contributed by atoms with Gasteiger partial charge in [0.25, 0.3) is 17.7 Å². The lowest BCUT2D eigenvalue weighted by Gasteiger charge is -2.49. The van der Waals surface area contributed by atoms with E-state index >= 15 is 0 Å². The van der Waals surface area contributed by atoms with Crippen molar-refractivity contribution < 1.29 is 52.6 Å². The van der Waals surface area contributed by atoms with E-state index in [9.17, 15) is 42.7 Å². The maximum absolute atomic E-state index is 12.9. The lowest BCUT2D eigenvalue weighted by molar-refractivity contribution is -0.192. The minimum Gasteiger partial charge on any atom is -0.477 e. The lowest BCUT2D eigenvalue weighted by atomic mass is 10.0. The van der Waals surface area contributed by atoms with E-state index in [1.807, 2.05) is 0 Å². The number of oxime groups is 1. The van der Waals surface area contributed by atoms with Gasteiger partial charge in [-0.15, -0.1) is 33.3 Å². The number of hydrogen-bond donors (Lipinski definition) is 5. The van der Waals surface area contributed by atoms with Crippen LogP contribution in [0.3, 0.4) is 0 Å². The number of aromatic nitrogens is 3. The van der Waals surface area contributed by atoms with Gasteiger partial charge in [-0.3, -0.25) is 24.2 Å². The van der Waals surface area contributed by atoms with Gasteiger partial charge >= 0.3 is 18.1 Å². The van der Waals surface area contributed by atoms with Gasteiger partial charge in [0.2, 0.25) is 5.13 Å². The summed E-state index contributed by atoms with van der Waals surface area (Å²) >= 11 is 3.51. The number of carboxylic acid groups (broad SMARTS) is 2. The third kappa shape index (κ3) is 6.44. The van der Waals surface area contributed by atoms with Crippen molar-refractivity contribution in [3.63, 3.8) is 0 Å². The Balaban J connectivity index is 0.000000541. The van der Waals surface area contributed by atoms with Gasteiger partial charge in [-0.25, -0.2) is 14.6 Å². The van der Waals surface area contributed by atoms with Crippen LogP contribution in [0.1, 0.15) is 12.1 Å². The monoisotopic (exact) mass is 662 g/mol. The third-order valence-corrected chi connectivity index (χ3v) is 8.55. The number of aliphatic carboxylic acids is 2. The molecule has 0 saturated carbocycles. The summed E-state index contributed by atoms with van der Waals surface area (Å²) in [7, 11) is 0. The normalized spacial score (nSPS) is 21.3. The number of amides is 3. The minimum atomic E-state index is -5.08. The number of fused-ring (bicyclic) bond motifs is 1. The number of alkyl halides is 3. The van der Waals surface area contributed by atoms with Crippen molar-refractivity contribution in [3.05, 3.63) is 39.5 Å². The van der Waals surface area contributed by atoms with E-state index in [0.29, 0.717) is 29.2 Å². The molecule has 3 aliphatic heterocycles. The smallest absolute Gasteiger partial charge is 0.477 e. The molecule has 6 N–H and O–H groups in total. The van der Waals surface area contributed by atoms with Crippen LogP contribution in [0.2, 0.25) is 0 Å². The minimum absolute atomic E-state index is 0.0428. The van der Waals surface area contributed by atoms with Gasteiger partial charge in [-0.2, -0.15) is 13.2 Å². The average molecular weight is 663 g/mol. The summed E-state index contributed by atoms with van der Waals surface area (Å²) < 4.78 is 31.7. The molecule has 0 radical (unpaired) electrons. The van der Waals surface area contributed by atoms with E-state index in [-0.39, 0.29) is 28.2 Å². The van der Waals surface area contributed by atoms with E-state index in [2.05, 4.69) is 25.7 Å². The van der Waals surface area contributed by atoms with Gasteiger partial charge in [0.1, 0.15) is 28.3 Å². The summed E-state index contributed by atoms with van der Waals surface area (Å²) in [5, 5.41) is 40.7. The van der Waals surface area contributed by atoms with Crippen molar-refractivity contribution in [2.75, 3.05) is 22.9 Å². The number of thiazole rings is 1. The Labute approximate surface area is 249 Å². The zero-order valence-corrected chi connectivity index (χ0v) is 23.5. The first-order chi connectivity index (χ1) is 20.2. The van der Waals surface area contributed by atoms with Crippen molar-refractivity contribution in [1.82, 2.24) is 25.4 Å². The number of hydrogen-bond acceptors (Lipinski definition) is 14. The molecule has 16 nitrogen and oxygen atoms in total. The predicted molar refractivity (Wildman–Crippen MR) is 143 cm³/mol. The molecule has 5 rings (SSSR count). The highest BCUT2D eigenvalue weighted by Crippen LogP contribution is 2.41. The zero-order valence-electron chi connectivity index (χ0n) is 21.0. The number of carboxylic acids is 2. The second-order valence-corrected chi connectivity index (χ2v) is 11.3. The Kier molecular flexibility index (Phi) is 9.01. The fraction of sp³-hybridized carbons (Fsp3) is 0.286. The van der Waals surface area contributed by atoms with Crippen LogP contribution >= 0.6 is 34.4 Å². The number of rotatable bonds is 6. The average Bonchev–Trinajstić information content (AvgIpc) is 3.70. The number of thioether (sulfide) groups is 1. The second-order valence-electron chi connectivity index (χ2n) is 8.46. The van der Waals surface area contributed by atoms with Gasteiger partial charge in [0.15, 0.2) is 10.8 Å². The molecular formula is C21H17F3N8O8S3. The zero-order chi connectivity index (χ0) is 31.6. The SMILES string of the molecule is Nc1nc(C(=NO)C(=O)N[C@@H]2C(=O)N3C(C(=O)O)=C(C=C4CCN(c5nncs5)C4=O)CS[C@H]23)cs1.O=C(O)C(F)(F)F. The number of nitrogens with one attached hydrogen (secondary N) is 1. The fourth-order valence-corrected chi connectivity index (χ4v) is 6.44. The highest BCUT2D eigenvalue weighted by atomic mass is 32.2. The van der Waals surface area contributed by atoms with Crippen LogP contribution in [-0.4, -0.2) is 101 Å². The highest BCUT2D eigenvalue weighted by Gasteiger charge is 2.54. The summed E-state index contributed by atoms with van der Waals surface area (Å²) in [5.74, 6) is -5.68. The molecule has 2 saturated heterocycles. The molecular weight excluding hydrogens is 645 g/mol. The van der Waals surface area contributed by atoms with Crippen LogP contribution in [0.15, 0.2) is 39.0 Å². The Morgan fingerprint density at radius 3 is 2.44 bits per heavy atom. The Hall–Kier alpha value is -4.57. The fourth-order valence-electron chi connectivity index (χ4n) is 4.00. The topological polar surface area (TPSA) is 242 Å². The number of carbonyl (C=O) groups is 5. The van der Waals surface area contributed by atoms with E-state index in [1.165, 1.54) is 45.0 Å². The number of nitrogens with zero attached hydrogens (tertiary/aromatic N) is 6. The first-order valence-electron chi connectivity index (χ1n) is 11.5. The highest BCUT2D eigenvalue weighted by molar-refractivity contribution is 8.00. The van der Waals surface area contributed by atoms with E-state index in [1.54, 1.807) is 0 Å². The van der Waals surface area contributed by atoms with Crippen LogP contribution in [0, 0.1) is 0 Å². The standard InChI is InChI=1S/C19H16N8O6S3.C2HF3O2/c20-18-22-9(5-35-18)10(25-33)13(28)23-11-15(30)27-12(17(31)32)8(4-34-16(11)27)3-7-1-2-26(14(7)29)19-24-21-6-36-19;3-2(4,5)1(6)7/h3,5-6,11,16,33H,1-2,4H2,(H2,20,22)(H,23,28)(H,31,32);(H,6,7)/t11-,16-;/m1./s1. The number of halogens is 3. The Bertz CT molecular complexity index is 1570. The molecule has 2 aromatic heterocycles. The Morgan fingerprint density at radius 2 is 1.91 bits per heavy atom. The van der Waals surface area contributed by atoms with Crippen molar-refractivity contribution in [3.8, 4) is 0 Å². The Morgan fingerprint density at radius 1 is 1.21 bits per heavy atom. The summed E-state index contributed by atoms with van der Waals surface area (Å²) in [6, 6.07) is -1.04. The molecule has 2 aromatic rings. The van der Waals surface area contributed by atoms with Gasteiger partial charge < -0.3 is 26.5 Å². The second kappa shape index (κ2) is 12.3. The number of nitrogens with two attached hydrogens (primary N) is 1. The van der Waals surface area contributed by atoms with Crippen molar-refractivity contribution in [2.45, 2.75) is 24.0 Å². The van der Waals surface area contributed by atoms with E-state index < -0.39 is 47.1 Å². The first kappa shape index (κ1) is 31.4. The van der Waals surface area contributed by atoms with Crippen LogP contribution < -0.4 is 16.0 Å². The molecule has 43 heavy (non-hydrogen) atoms. The quantitative estimate of drug-likeness (QED) is 0.0931. The number of allylic oxidation sites excluding steroid dienone is 1. The van der Waals surface area contributed by atoms with Crippen molar-refractivity contribution in [2.24, 2.45) is 5.16 Å². The molecule has 0 aromatic carbocycles. The molecule has 2 atom stereocenters. The summed E-state index contributed by atoms with van der Waals surface area (Å²) in [6.07, 6.45) is -3.18. The molecule has 228 valence electrons.